The van der Waals surface area contributed by atoms with Crippen molar-refractivity contribution in [3.63, 3.8) is 0 Å². The molecule has 1 fully saturated rings. The van der Waals surface area contributed by atoms with Gasteiger partial charge in [-0.05, 0) is 0 Å². The molecule has 1 saturated heterocycles. The molecule has 9 heteroatoms. The van der Waals surface area contributed by atoms with E-state index < -0.39 is 0 Å². The van der Waals surface area contributed by atoms with Gasteiger partial charge in [-0.15, -0.1) is 0 Å². The standard InChI is InChI=1S/C25H29AsClN4O3/c1-31(15-17-11-22-23(13-28-17)34-10-9-33-22)14-16(26)3-4-18(31)5-6-19-20(27)12-29-21-7-8-24(32-2)30-25(19)21/h7-8,11-13,16,18H,3-6,9-10,14-15H2,1-2H3/q+1/t16-,18+,31?/m1/s1. The number of quaternary nitrogens is 1. The van der Waals surface area contributed by atoms with Gasteiger partial charge in [0.1, 0.15) is 0 Å². The summed E-state index contributed by atoms with van der Waals surface area (Å²) in [4.78, 5) is 13.8. The third kappa shape index (κ3) is 4.84. The molecule has 0 amide bonds. The maximum atomic E-state index is 6.62. The number of likely N-dealkylation sites (tertiary alicyclic amines) is 1. The molecule has 7 nitrogen and oxygen atoms in total. The molecule has 3 aromatic heterocycles. The number of fused-ring (bicyclic) bond motifs is 2. The van der Waals surface area contributed by atoms with Gasteiger partial charge in [0, 0.05) is 0 Å². The second-order valence-corrected chi connectivity index (χ2v) is 11.3. The third-order valence-electron chi connectivity index (χ3n) is 7.03. The zero-order valence-corrected chi connectivity index (χ0v) is 22.2. The molecule has 3 atom stereocenters. The summed E-state index contributed by atoms with van der Waals surface area (Å²) in [5.74, 6) is 2.11. The number of rotatable bonds is 6. The zero-order valence-electron chi connectivity index (χ0n) is 19.5. The minimum atomic E-state index is 0.486. The molecule has 0 bridgehead atoms. The fourth-order valence-corrected chi connectivity index (χ4v) is 6.58. The fourth-order valence-electron chi connectivity index (χ4n) is 5.25. The van der Waals surface area contributed by atoms with Crippen molar-refractivity contribution in [2.75, 3.05) is 33.9 Å². The van der Waals surface area contributed by atoms with Crippen LogP contribution in [0, 0.1) is 0 Å². The second-order valence-electron chi connectivity index (χ2n) is 9.37. The Balaban J connectivity index is 1.39. The van der Waals surface area contributed by atoms with E-state index in [0.29, 0.717) is 34.9 Å². The van der Waals surface area contributed by atoms with Crippen LogP contribution in [0.4, 0.5) is 0 Å². The molecule has 34 heavy (non-hydrogen) atoms. The molecular weight excluding hydrogens is 515 g/mol. The second kappa shape index (κ2) is 9.88. The van der Waals surface area contributed by atoms with E-state index in [-0.39, 0.29) is 0 Å². The van der Waals surface area contributed by atoms with Crippen LogP contribution in [0.5, 0.6) is 17.4 Å². The molecule has 2 aliphatic rings. The first kappa shape index (κ1) is 23.7. The van der Waals surface area contributed by atoms with Gasteiger partial charge in [0.05, 0.1) is 0 Å². The van der Waals surface area contributed by atoms with E-state index in [0.717, 1.165) is 70.6 Å². The molecule has 3 aromatic rings. The molecule has 1 unspecified atom stereocenters. The van der Waals surface area contributed by atoms with Crippen molar-refractivity contribution in [2.45, 2.75) is 43.0 Å². The molecule has 0 aliphatic carbocycles. The first-order valence-electron chi connectivity index (χ1n) is 11.7. The molecule has 2 aliphatic heterocycles. The molecule has 0 N–H and O–H groups in total. The molecule has 5 rings (SSSR count). The number of aryl methyl sites for hydroxylation is 1. The van der Waals surface area contributed by atoms with E-state index in [2.05, 4.69) is 33.9 Å². The van der Waals surface area contributed by atoms with Gasteiger partial charge >= 0.3 is 214 Å². The van der Waals surface area contributed by atoms with Crippen molar-refractivity contribution in [3.05, 3.63) is 46.9 Å². The summed E-state index contributed by atoms with van der Waals surface area (Å²) in [6.45, 7) is 3.11. The number of aromatic nitrogens is 3. The summed E-state index contributed by atoms with van der Waals surface area (Å²) in [6.07, 6.45) is 7.77. The molecule has 2 radical (unpaired) electrons. The minimum absolute atomic E-state index is 0.486. The summed E-state index contributed by atoms with van der Waals surface area (Å²) in [6, 6.07) is 6.31. The Morgan fingerprint density at radius 2 is 1.97 bits per heavy atom. The van der Waals surface area contributed by atoms with Crippen molar-refractivity contribution >= 4 is 39.5 Å². The summed E-state index contributed by atoms with van der Waals surface area (Å²) in [7, 11) is 3.98. The van der Waals surface area contributed by atoms with E-state index in [1.807, 2.05) is 18.2 Å². The predicted molar refractivity (Wildman–Crippen MR) is 132 cm³/mol. The van der Waals surface area contributed by atoms with Crippen LogP contribution in [0.15, 0.2) is 30.6 Å². The van der Waals surface area contributed by atoms with Gasteiger partial charge in [0.25, 0.3) is 0 Å². The van der Waals surface area contributed by atoms with Crippen LogP contribution in [-0.2, 0) is 13.0 Å². The molecule has 178 valence electrons. The van der Waals surface area contributed by atoms with E-state index in [1.165, 1.54) is 6.42 Å². The Hall–Kier alpha value is -2.08. The quantitative estimate of drug-likeness (QED) is 0.344. The van der Waals surface area contributed by atoms with Crippen molar-refractivity contribution in [1.82, 2.24) is 15.0 Å². The molecule has 0 saturated carbocycles. The van der Waals surface area contributed by atoms with Crippen molar-refractivity contribution in [3.8, 4) is 17.4 Å². The number of pyridine rings is 3. The number of nitrogens with zero attached hydrogens (tertiary/aromatic N) is 4. The molecular formula is C25H29AsClN4O3+. The Bertz CT molecular complexity index is 1200. The maximum absolute atomic E-state index is 6.62. The van der Waals surface area contributed by atoms with Crippen LogP contribution in [0.3, 0.4) is 0 Å². The van der Waals surface area contributed by atoms with Gasteiger partial charge in [-0.25, -0.2) is 0 Å². The number of methoxy groups -OCH3 is 1. The average molecular weight is 544 g/mol. The van der Waals surface area contributed by atoms with E-state index in [4.69, 9.17) is 30.8 Å². The Kier molecular flexibility index (Phi) is 6.87. The first-order valence-corrected chi connectivity index (χ1v) is 13.2. The van der Waals surface area contributed by atoms with Gasteiger partial charge in [-0.2, -0.15) is 0 Å². The fraction of sp³-hybridized carbons (Fsp3) is 0.480. The Morgan fingerprint density at radius 3 is 2.79 bits per heavy atom. The van der Waals surface area contributed by atoms with Gasteiger partial charge in [0.15, 0.2) is 0 Å². The summed E-state index contributed by atoms with van der Waals surface area (Å²) >= 11 is 9.49. The summed E-state index contributed by atoms with van der Waals surface area (Å²) in [5, 5.41) is 0.664. The third-order valence-corrected chi connectivity index (χ3v) is 8.24. The van der Waals surface area contributed by atoms with Crippen LogP contribution in [0.1, 0.15) is 30.5 Å². The van der Waals surface area contributed by atoms with E-state index >= 15 is 0 Å². The number of ether oxygens (including phenoxy) is 3. The Morgan fingerprint density at radius 1 is 1.15 bits per heavy atom. The summed E-state index contributed by atoms with van der Waals surface area (Å²) < 4.78 is 18.4. The van der Waals surface area contributed by atoms with Crippen molar-refractivity contribution in [2.24, 2.45) is 0 Å². The van der Waals surface area contributed by atoms with E-state index in [1.54, 1.807) is 19.5 Å². The number of piperidine rings is 1. The van der Waals surface area contributed by atoms with Gasteiger partial charge in [0.2, 0.25) is 0 Å². The molecule has 5 heterocycles. The summed E-state index contributed by atoms with van der Waals surface area (Å²) in [5.41, 5.74) is 3.75. The van der Waals surface area contributed by atoms with Gasteiger partial charge in [-0.3, -0.25) is 0 Å². The van der Waals surface area contributed by atoms with Crippen LogP contribution >= 0.6 is 11.6 Å². The number of halogens is 1. The van der Waals surface area contributed by atoms with E-state index in [9.17, 15) is 0 Å². The average Bonchev–Trinajstić information content (AvgIpc) is 2.84. The van der Waals surface area contributed by atoms with Crippen LogP contribution in [0.2, 0.25) is 9.73 Å². The molecule has 0 aromatic carbocycles. The monoisotopic (exact) mass is 543 g/mol. The van der Waals surface area contributed by atoms with Crippen molar-refractivity contribution in [1.29, 1.82) is 0 Å². The van der Waals surface area contributed by atoms with Crippen molar-refractivity contribution < 1.29 is 18.7 Å². The SMILES string of the molecule is COc1ccc2ncc(Cl)c(CC[C@@H]3CC[C@@H]([As])C[N+]3(C)Cc3cc4c(cn3)OCCO4)c2n1. The zero-order chi connectivity index (χ0) is 23.7. The Labute approximate surface area is 213 Å². The number of hydrogen-bond donors (Lipinski definition) is 0. The van der Waals surface area contributed by atoms with Crippen LogP contribution in [-0.4, -0.2) is 76.2 Å². The topological polar surface area (TPSA) is 66.4 Å². The van der Waals surface area contributed by atoms with Crippen LogP contribution < -0.4 is 14.2 Å². The van der Waals surface area contributed by atoms with Gasteiger partial charge < -0.3 is 0 Å². The van der Waals surface area contributed by atoms with Crippen LogP contribution in [0.25, 0.3) is 11.0 Å². The predicted octanol–water partition coefficient (Wildman–Crippen LogP) is 4.16. The normalized spacial score (nSPS) is 24.2. The number of hydrogen-bond acceptors (Lipinski definition) is 6. The first-order chi connectivity index (χ1) is 16.4. The molecule has 0 spiro atoms. The van der Waals surface area contributed by atoms with Gasteiger partial charge in [-0.1, -0.05) is 0 Å².